The zero-order chi connectivity index (χ0) is 6.69. The molecule has 2 heteroatoms. The van der Waals surface area contributed by atoms with Gasteiger partial charge in [-0.05, 0) is 32.2 Å². The third kappa shape index (κ3) is 2.85. The van der Waals surface area contributed by atoms with Crippen molar-refractivity contribution in [2.24, 2.45) is 5.92 Å². The highest BCUT2D eigenvalue weighted by atomic mass is 127. The molecule has 1 nitrogen and oxygen atoms in total. The van der Waals surface area contributed by atoms with E-state index in [0.29, 0.717) is 4.05 Å². The lowest BCUT2D eigenvalue weighted by Crippen LogP contribution is -2.30. The van der Waals surface area contributed by atoms with Crippen LogP contribution >= 0.6 is 22.6 Å². The quantitative estimate of drug-likeness (QED) is 0.452. The molecule has 0 aromatic carbocycles. The maximum absolute atomic E-state index is 3.43. The van der Waals surface area contributed by atoms with Gasteiger partial charge < -0.3 is 5.32 Å². The highest BCUT2D eigenvalue weighted by molar-refractivity contribution is 14.1. The Morgan fingerprint density at radius 1 is 1.67 bits per heavy atom. The second-order valence-electron chi connectivity index (χ2n) is 2.82. The van der Waals surface area contributed by atoms with Crippen molar-refractivity contribution >= 4 is 22.6 Å². The lowest BCUT2D eigenvalue weighted by molar-refractivity contribution is 0.303. The van der Waals surface area contributed by atoms with Gasteiger partial charge in [0, 0.05) is 0 Å². The molecule has 9 heavy (non-hydrogen) atoms. The lowest BCUT2D eigenvalue weighted by Gasteiger charge is -2.26. The molecule has 0 amide bonds. The SMILES string of the molecule is CC(I)NCC1CCC1. The predicted octanol–water partition coefficient (Wildman–Crippen LogP) is 2.16. The van der Waals surface area contributed by atoms with E-state index >= 15 is 0 Å². The summed E-state index contributed by atoms with van der Waals surface area (Å²) in [5.41, 5.74) is 0. The van der Waals surface area contributed by atoms with Crippen LogP contribution < -0.4 is 5.32 Å². The summed E-state index contributed by atoms with van der Waals surface area (Å²) in [6, 6.07) is 0. The average Bonchev–Trinajstić information content (AvgIpc) is 1.60. The summed E-state index contributed by atoms with van der Waals surface area (Å²) in [4.78, 5) is 0. The van der Waals surface area contributed by atoms with Crippen LogP contribution in [0.3, 0.4) is 0 Å². The molecule has 0 heterocycles. The van der Waals surface area contributed by atoms with E-state index in [4.69, 9.17) is 0 Å². The smallest absolute Gasteiger partial charge is 0.0565 e. The predicted molar refractivity (Wildman–Crippen MR) is 48.8 cm³/mol. The molecular formula is C7H14IN. The van der Waals surface area contributed by atoms with E-state index < -0.39 is 0 Å². The van der Waals surface area contributed by atoms with Gasteiger partial charge in [-0.25, -0.2) is 0 Å². The van der Waals surface area contributed by atoms with Crippen molar-refractivity contribution in [2.45, 2.75) is 30.2 Å². The molecule has 1 fully saturated rings. The number of hydrogen-bond acceptors (Lipinski definition) is 1. The largest absolute Gasteiger partial charge is 0.305 e. The molecule has 0 aromatic rings. The Kier molecular flexibility index (Phi) is 3.26. The Hall–Kier alpha value is 0.690. The van der Waals surface area contributed by atoms with Gasteiger partial charge in [0.05, 0.1) is 4.05 Å². The maximum atomic E-state index is 3.43. The molecule has 1 rings (SSSR count). The van der Waals surface area contributed by atoms with Gasteiger partial charge in [0.15, 0.2) is 0 Å². The van der Waals surface area contributed by atoms with Crippen LogP contribution in [0.4, 0.5) is 0 Å². The van der Waals surface area contributed by atoms with Crippen molar-refractivity contribution in [3.8, 4) is 0 Å². The zero-order valence-corrected chi connectivity index (χ0v) is 8.02. The Morgan fingerprint density at radius 2 is 2.33 bits per heavy atom. The monoisotopic (exact) mass is 239 g/mol. The minimum absolute atomic E-state index is 0.642. The van der Waals surface area contributed by atoms with E-state index in [1.54, 1.807) is 0 Å². The standard InChI is InChI=1S/C7H14IN/c1-6(8)9-5-7-3-2-4-7/h6-7,9H,2-5H2,1H3. The molecule has 0 aliphatic heterocycles. The Morgan fingerprint density at radius 3 is 2.67 bits per heavy atom. The summed E-state index contributed by atoms with van der Waals surface area (Å²) >= 11 is 2.41. The van der Waals surface area contributed by atoms with E-state index in [1.165, 1.54) is 25.8 Å². The summed E-state index contributed by atoms with van der Waals surface area (Å²) < 4.78 is 0.642. The lowest BCUT2D eigenvalue weighted by atomic mass is 9.85. The van der Waals surface area contributed by atoms with Crippen molar-refractivity contribution in [1.29, 1.82) is 0 Å². The molecule has 1 aliphatic rings. The number of hydrogen-bond donors (Lipinski definition) is 1. The second kappa shape index (κ2) is 3.76. The van der Waals surface area contributed by atoms with Gasteiger partial charge in [0.25, 0.3) is 0 Å². The first kappa shape index (κ1) is 7.79. The average molecular weight is 239 g/mol. The first-order valence-corrected chi connectivity index (χ1v) is 4.91. The van der Waals surface area contributed by atoms with Gasteiger partial charge >= 0.3 is 0 Å². The molecule has 1 aliphatic carbocycles. The first-order chi connectivity index (χ1) is 4.29. The van der Waals surface area contributed by atoms with Gasteiger partial charge in [-0.3, -0.25) is 0 Å². The fraction of sp³-hybridized carbons (Fsp3) is 1.00. The molecular weight excluding hydrogens is 225 g/mol. The molecule has 0 bridgehead atoms. The number of rotatable bonds is 3. The summed E-state index contributed by atoms with van der Waals surface area (Å²) in [6.45, 7) is 3.43. The number of nitrogens with one attached hydrogen (secondary N) is 1. The van der Waals surface area contributed by atoms with Crippen molar-refractivity contribution in [1.82, 2.24) is 5.32 Å². The fourth-order valence-electron chi connectivity index (χ4n) is 1.03. The number of halogens is 1. The van der Waals surface area contributed by atoms with Crippen LogP contribution in [-0.4, -0.2) is 10.6 Å². The molecule has 1 N–H and O–H groups in total. The summed E-state index contributed by atoms with van der Waals surface area (Å²) in [5.74, 6) is 1.00. The third-order valence-electron chi connectivity index (χ3n) is 1.91. The zero-order valence-electron chi connectivity index (χ0n) is 5.86. The van der Waals surface area contributed by atoms with Crippen LogP contribution in [0.5, 0.6) is 0 Å². The third-order valence-corrected chi connectivity index (χ3v) is 2.35. The van der Waals surface area contributed by atoms with Crippen molar-refractivity contribution in [3.05, 3.63) is 0 Å². The Bertz CT molecular complexity index is 79.0. The molecule has 1 atom stereocenters. The van der Waals surface area contributed by atoms with Crippen LogP contribution in [-0.2, 0) is 0 Å². The van der Waals surface area contributed by atoms with E-state index in [9.17, 15) is 0 Å². The van der Waals surface area contributed by atoms with Gasteiger partial charge in [-0.2, -0.15) is 0 Å². The van der Waals surface area contributed by atoms with Crippen LogP contribution in [0.15, 0.2) is 0 Å². The first-order valence-electron chi connectivity index (χ1n) is 3.66. The minimum Gasteiger partial charge on any atom is -0.305 e. The Labute approximate surface area is 70.7 Å². The number of alkyl halides is 1. The van der Waals surface area contributed by atoms with E-state index in [0.717, 1.165) is 5.92 Å². The van der Waals surface area contributed by atoms with Gasteiger partial charge in [0.1, 0.15) is 0 Å². The van der Waals surface area contributed by atoms with Crippen LogP contribution in [0.2, 0.25) is 0 Å². The van der Waals surface area contributed by atoms with E-state index in [2.05, 4.69) is 34.8 Å². The second-order valence-corrected chi connectivity index (χ2v) is 4.69. The fourth-order valence-corrected chi connectivity index (χ4v) is 1.28. The van der Waals surface area contributed by atoms with E-state index in [-0.39, 0.29) is 0 Å². The Balaban J connectivity index is 1.91. The van der Waals surface area contributed by atoms with Gasteiger partial charge in [-0.15, -0.1) is 0 Å². The van der Waals surface area contributed by atoms with E-state index in [1.807, 2.05) is 0 Å². The highest BCUT2D eigenvalue weighted by Crippen LogP contribution is 2.25. The molecule has 1 unspecified atom stereocenters. The van der Waals surface area contributed by atoms with Crippen molar-refractivity contribution in [2.75, 3.05) is 6.54 Å². The van der Waals surface area contributed by atoms with Gasteiger partial charge in [0.2, 0.25) is 0 Å². The van der Waals surface area contributed by atoms with Gasteiger partial charge in [-0.1, -0.05) is 29.0 Å². The molecule has 0 spiro atoms. The van der Waals surface area contributed by atoms with Crippen LogP contribution in [0, 0.1) is 5.92 Å². The van der Waals surface area contributed by atoms with Crippen LogP contribution in [0.25, 0.3) is 0 Å². The van der Waals surface area contributed by atoms with Crippen molar-refractivity contribution in [3.63, 3.8) is 0 Å². The summed E-state index contributed by atoms with van der Waals surface area (Å²) in [6.07, 6.45) is 4.37. The molecule has 0 saturated heterocycles. The molecule has 1 saturated carbocycles. The minimum atomic E-state index is 0.642. The maximum Gasteiger partial charge on any atom is 0.0565 e. The highest BCUT2D eigenvalue weighted by Gasteiger charge is 2.16. The molecule has 0 radical (unpaired) electrons. The topological polar surface area (TPSA) is 12.0 Å². The van der Waals surface area contributed by atoms with Crippen LogP contribution in [0.1, 0.15) is 26.2 Å². The molecule has 0 aromatic heterocycles. The van der Waals surface area contributed by atoms with Crippen molar-refractivity contribution < 1.29 is 0 Å². The normalized spacial score (nSPS) is 23.3. The summed E-state index contributed by atoms with van der Waals surface area (Å²) in [7, 11) is 0. The summed E-state index contributed by atoms with van der Waals surface area (Å²) in [5, 5.41) is 3.43. The molecule has 54 valence electrons.